The lowest BCUT2D eigenvalue weighted by atomic mass is 10.1. The van der Waals surface area contributed by atoms with Crippen LogP contribution in [-0.4, -0.2) is 38.6 Å². The van der Waals surface area contributed by atoms with E-state index in [1.54, 1.807) is 16.7 Å². The second-order valence-electron chi connectivity index (χ2n) is 5.46. The number of anilines is 1. The zero-order chi connectivity index (χ0) is 14.8. The van der Waals surface area contributed by atoms with Crippen LogP contribution in [0.4, 0.5) is 5.69 Å². The number of amides is 1. The van der Waals surface area contributed by atoms with E-state index in [0.29, 0.717) is 17.0 Å². The summed E-state index contributed by atoms with van der Waals surface area (Å²) in [4.78, 5) is 18.7. The van der Waals surface area contributed by atoms with Crippen molar-refractivity contribution in [2.75, 3.05) is 18.8 Å². The monoisotopic (exact) mass is 288 g/mol. The first-order valence-corrected chi connectivity index (χ1v) is 7.32. The minimum absolute atomic E-state index is 0.0838. The van der Waals surface area contributed by atoms with Crippen LogP contribution in [0.2, 0.25) is 0 Å². The van der Waals surface area contributed by atoms with Gasteiger partial charge in [-0.25, -0.2) is 4.98 Å². The summed E-state index contributed by atoms with van der Waals surface area (Å²) in [7, 11) is 0. The molecule has 1 saturated heterocycles. The average molecular weight is 288 g/mol. The number of benzene rings is 1. The van der Waals surface area contributed by atoms with E-state index >= 15 is 0 Å². The van der Waals surface area contributed by atoms with Crippen LogP contribution in [0.25, 0.3) is 11.0 Å². The highest BCUT2D eigenvalue weighted by molar-refractivity contribution is 5.83. The highest BCUT2D eigenvalue weighted by Crippen LogP contribution is 2.20. The Morgan fingerprint density at radius 3 is 2.76 bits per heavy atom. The summed E-state index contributed by atoms with van der Waals surface area (Å²) in [5, 5.41) is 9.47. The maximum absolute atomic E-state index is 12.4. The Morgan fingerprint density at radius 2 is 2.05 bits per heavy atom. The van der Waals surface area contributed by atoms with Crippen LogP contribution >= 0.6 is 0 Å². The van der Waals surface area contributed by atoms with Crippen LogP contribution in [0.1, 0.15) is 25.1 Å². The van der Waals surface area contributed by atoms with E-state index in [1.165, 1.54) is 6.42 Å². The topological polar surface area (TPSA) is 84.4 Å². The van der Waals surface area contributed by atoms with Gasteiger partial charge in [0.1, 0.15) is 19.0 Å². The van der Waals surface area contributed by atoms with Gasteiger partial charge in [0.25, 0.3) is 0 Å². The van der Waals surface area contributed by atoms with Gasteiger partial charge in [0.05, 0.1) is 11.0 Å². The Hall–Kier alpha value is -2.08. The van der Waals surface area contributed by atoms with E-state index in [9.17, 15) is 9.90 Å². The van der Waals surface area contributed by atoms with Gasteiger partial charge in [-0.3, -0.25) is 4.79 Å². The number of carbonyl (C=O) groups excluding carboxylic acids is 1. The van der Waals surface area contributed by atoms with Gasteiger partial charge in [0.15, 0.2) is 0 Å². The molecular formula is C15H20N4O2. The molecular weight excluding hydrogens is 268 g/mol. The number of hydrogen-bond acceptors (Lipinski definition) is 4. The number of imidazole rings is 1. The van der Waals surface area contributed by atoms with Gasteiger partial charge < -0.3 is 20.3 Å². The molecule has 0 aliphatic carbocycles. The maximum Gasteiger partial charge on any atom is 0.242 e. The maximum atomic E-state index is 12.4. The Bertz CT molecular complexity index is 659. The zero-order valence-electron chi connectivity index (χ0n) is 12.0. The standard InChI is InChI=1S/C15H20N4O2/c16-11-4-5-13-12(8-11)17-14(10-20)19(13)9-15(21)18-6-2-1-3-7-18/h4-5,8,20H,1-3,6-7,9-10,16H2. The van der Waals surface area contributed by atoms with E-state index < -0.39 is 0 Å². The number of aromatic nitrogens is 2. The van der Waals surface area contributed by atoms with Gasteiger partial charge in [-0.1, -0.05) is 0 Å². The molecule has 1 aromatic carbocycles. The summed E-state index contributed by atoms with van der Waals surface area (Å²) in [6.45, 7) is 1.68. The molecule has 1 aliphatic rings. The van der Waals surface area contributed by atoms with Crippen molar-refractivity contribution in [1.82, 2.24) is 14.5 Å². The minimum Gasteiger partial charge on any atom is -0.399 e. The van der Waals surface area contributed by atoms with Gasteiger partial charge in [-0.05, 0) is 37.5 Å². The Kier molecular flexibility index (Phi) is 3.79. The number of nitrogens with zero attached hydrogens (tertiary/aromatic N) is 3. The molecule has 6 nitrogen and oxygen atoms in total. The molecule has 2 heterocycles. The van der Waals surface area contributed by atoms with Crippen molar-refractivity contribution in [3.8, 4) is 0 Å². The molecule has 2 aromatic rings. The van der Waals surface area contributed by atoms with Gasteiger partial charge in [-0.2, -0.15) is 0 Å². The Balaban J connectivity index is 1.89. The van der Waals surface area contributed by atoms with Crippen LogP contribution in [0.15, 0.2) is 18.2 Å². The number of nitrogen functional groups attached to an aromatic ring is 1. The van der Waals surface area contributed by atoms with Crippen molar-refractivity contribution < 1.29 is 9.90 Å². The molecule has 1 fully saturated rings. The van der Waals surface area contributed by atoms with Crippen LogP contribution in [0, 0.1) is 0 Å². The first-order chi connectivity index (χ1) is 10.2. The predicted molar refractivity (Wildman–Crippen MR) is 80.5 cm³/mol. The molecule has 0 radical (unpaired) electrons. The second-order valence-corrected chi connectivity index (χ2v) is 5.46. The van der Waals surface area contributed by atoms with Crippen molar-refractivity contribution in [3.63, 3.8) is 0 Å². The van der Waals surface area contributed by atoms with E-state index in [0.717, 1.165) is 31.4 Å². The number of rotatable bonds is 3. The number of likely N-dealkylation sites (tertiary alicyclic amines) is 1. The highest BCUT2D eigenvalue weighted by atomic mass is 16.3. The summed E-state index contributed by atoms with van der Waals surface area (Å²) in [5.41, 5.74) is 7.93. The van der Waals surface area contributed by atoms with Crippen LogP contribution in [0.3, 0.4) is 0 Å². The van der Waals surface area contributed by atoms with Crippen LogP contribution in [0.5, 0.6) is 0 Å². The molecule has 3 rings (SSSR count). The molecule has 3 N–H and O–H groups in total. The molecule has 1 amide bonds. The zero-order valence-corrected chi connectivity index (χ0v) is 12.0. The summed E-state index contributed by atoms with van der Waals surface area (Å²) >= 11 is 0. The minimum atomic E-state index is -0.193. The van der Waals surface area contributed by atoms with Gasteiger partial charge in [0.2, 0.25) is 5.91 Å². The van der Waals surface area contributed by atoms with E-state index in [-0.39, 0.29) is 19.1 Å². The Labute approximate surface area is 123 Å². The lowest BCUT2D eigenvalue weighted by molar-refractivity contribution is -0.132. The summed E-state index contributed by atoms with van der Waals surface area (Å²) < 4.78 is 1.78. The van der Waals surface area contributed by atoms with Crippen molar-refractivity contribution in [2.24, 2.45) is 0 Å². The summed E-state index contributed by atoms with van der Waals surface area (Å²) in [5.74, 6) is 0.585. The number of carbonyl (C=O) groups is 1. The molecule has 1 aromatic heterocycles. The largest absolute Gasteiger partial charge is 0.399 e. The number of aliphatic hydroxyl groups is 1. The van der Waals surface area contributed by atoms with Crippen molar-refractivity contribution in [3.05, 3.63) is 24.0 Å². The lowest BCUT2D eigenvalue weighted by Gasteiger charge is -2.27. The molecule has 0 bridgehead atoms. The molecule has 0 atom stereocenters. The van der Waals surface area contributed by atoms with Crippen LogP contribution in [-0.2, 0) is 17.9 Å². The van der Waals surface area contributed by atoms with Crippen molar-refractivity contribution in [1.29, 1.82) is 0 Å². The number of aliphatic hydroxyl groups excluding tert-OH is 1. The predicted octanol–water partition coefficient (Wildman–Crippen LogP) is 1.12. The summed E-state index contributed by atoms with van der Waals surface area (Å²) in [6, 6.07) is 5.39. The third-order valence-electron chi connectivity index (χ3n) is 3.99. The quantitative estimate of drug-likeness (QED) is 0.829. The van der Waals surface area contributed by atoms with Gasteiger partial charge in [-0.15, -0.1) is 0 Å². The molecule has 0 saturated carbocycles. The third kappa shape index (κ3) is 2.71. The fraction of sp³-hybridized carbons (Fsp3) is 0.467. The fourth-order valence-corrected chi connectivity index (χ4v) is 2.87. The van der Waals surface area contributed by atoms with E-state index in [4.69, 9.17) is 5.73 Å². The fourth-order valence-electron chi connectivity index (χ4n) is 2.87. The average Bonchev–Trinajstić information content (AvgIpc) is 2.85. The van der Waals surface area contributed by atoms with E-state index in [1.807, 2.05) is 11.0 Å². The number of nitrogens with two attached hydrogens (primary N) is 1. The molecule has 0 unspecified atom stereocenters. The number of hydrogen-bond donors (Lipinski definition) is 2. The Morgan fingerprint density at radius 1 is 1.29 bits per heavy atom. The van der Waals surface area contributed by atoms with E-state index in [2.05, 4.69) is 4.98 Å². The SMILES string of the molecule is Nc1ccc2c(c1)nc(CO)n2CC(=O)N1CCCCC1. The third-order valence-corrected chi connectivity index (χ3v) is 3.99. The molecule has 0 spiro atoms. The lowest BCUT2D eigenvalue weighted by Crippen LogP contribution is -2.38. The first-order valence-electron chi connectivity index (χ1n) is 7.32. The number of fused-ring (bicyclic) bond motifs is 1. The molecule has 112 valence electrons. The summed E-state index contributed by atoms with van der Waals surface area (Å²) in [6.07, 6.45) is 3.33. The van der Waals surface area contributed by atoms with Crippen molar-refractivity contribution in [2.45, 2.75) is 32.4 Å². The smallest absolute Gasteiger partial charge is 0.242 e. The molecule has 21 heavy (non-hydrogen) atoms. The first kappa shape index (κ1) is 13.9. The highest BCUT2D eigenvalue weighted by Gasteiger charge is 2.19. The number of piperidine rings is 1. The van der Waals surface area contributed by atoms with Gasteiger partial charge in [0, 0.05) is 18.8 Å². The normalized spacial score (nSPS) is 15.6. The molecule has 6 heteroatoms. The van der Waals surface area contributed by atoms with Crippen LogP contribution < -0.4 is 5.73 Å². The van der Waals surface area contributed by atoms with Gasteiger partial charge >= 0.3 is 0 Å². The second kappa shape index (κ2) is 5.73. The van der Waals surface area contributed by atoms with Crippen molar-refractivity contribution >= 4 is 22.6 Å². The molecule has 1 aliphatic heterocycles.